The van der Waals surface area contributed by atoms with Gasteiger partial charge in [0.05, 0.1) is 42.8 Å². The number of hydrogen-bond donors (Lipinski definition) is 9. The molecule has 3 heterocycles. The van der Waals surface area contributed by atoms with Gasteiger partial charge in [0.15, 0.2) is 0 Å². The third-order valence-electron chi connectivity index (χ3n) is 3.16. The molecule has 0 aromatic carbocycles. The molecule has 0 saturated carbocycles. The summed E-state index contributed by atoms with van der Waals surface area (Å²) in [4.78, 5) is 77.6. The number of carboxylic acids is 3. The number of nitrogens with two attached hydrogens (primary N) is 1. The van der Waals surface area contributed by atoms with Crippen LogP contribution in [0.3, 0.4) is 0 Å². The number of nitrogens with zero attached hydrogens (tertiary/aromatic N) is 3. The van der Waals surface area contributed by atoms with Gasteiger partial charge in [0.25, 0.3) is 0 Å². The second kappa shape index (κ2) is 38.3. The van der Waals surface area contributed by atoms with Gasteiger partial charge in [-0.1, -0.05) is 0 Å². The van der Waals surface area contributed by atoms with E-state index in [0.29, 0.717) is 11.4 Å². The van der Waals surface area contributed by atoms with Crippen molar-refractivity contribution in [3.05, 3.63) is 86.7 Å². The number of rotatable bonds is 7. The fraction of sp³-hybridized carbons (Fsp3) is 0.111. The topological polar surface area (TPSA) is 394 Å². The number of hydrogen-bond acceptors (Lipinski definition) is 14. The van der Waals surface area contributed by atoms with Gasteiger partial charge in [0.2, 0.25) is 0 Å². The molecule has 1 atom stereocenters. The van der Waals surface area contributed by atoms with E-state index in [1.165, 1.54) is 31.1 Å². The third kappa shape index (κ3) is 34.1. The summed E-state index contributed by atoms with van der Waals surface area (Å²) in [6.45, 7) is 0. The molecule has 13 N–H and O–H groups in total. The average molecular weight is 853 g/mol. The SMILES string of the molecule is NC(Cc1cnc[nH]1)C(=O)O.O.O=C(O)/C=C/c1cnc[nH]1.O=C(O)/C=C\c1cnc[nH]1.O=O.O=O.OO.[OH-].[U].[V]. The molecule has 3 aromatic heterocycles. The Bertz CT molecular complexity index is 967. The minimum atomic E-state index is -1.00. The second-order valence-electron chi connectivity index (χ2n) is 5.58. The number of imidazole rings is 3. The molecular weight excluding hydrogens is 827 g/mol. The van der Waals surface area contributed by atoms with Crippen molar-refractivity contribution in [1.29, 1.82) is 0 Å². The standard InChI is InChI=1S/C6H9N3O2.2C6H6N2O2.H2O2.2O2.2H2O.U.V/c7-5(6(10)11)1-4-2-8-3-9-4;2*9-6(10)2-1-5-3-7-4-8-5;3*1-2;;;;/h2-3,5H,1,7H2,(H,8,9)(H,10,11);2*1-4H,(H,7,8)(H,9,10);1-2H;;;2*1H2;;/p-1/b;2-1+;2-1-;;;;;;;. The molecule has 1 unspecified atom stereocenters. The molecule has 0 aliphatic carbocycles. The zero-order valence-electron chi connectivity index (χ0n) is 20.5. The maximum atomic E-state index is 10.3. The van der Waals surface area contributed by atoms with Gasteiger partial charge in [-0.3, -0.25) is 15.3 Å². The van der Waals surface area contributed by atoms with Crippen LogP contribution >= 0.6 is 0 Å². The molecule has 0 aliphatic rings. The first-order valence-corrected chi connectivity index (χ1v) is 9.05. The first-order valence-electron chi connectivity index (χ1n) is 9.05. The van der Waals surface area contributed by atoms with E-state index in [1.54, 1.807) is 18.6 Å². The minimum absolute atomic E-state index is 0. The predicted octanol–water partition coefficient (Wildman–Crippen LogP) is -0.473. The average Bonchev–Trinajstić information content (AvgIpc) is 3.70. The maximum absolute atomic E-state index is 10.3. The Morgan fingerprint density at radius 2 is 1.12 bits per heavy atom. The van der Waals surface area contributed by atoms with Crippen molar-refractivity contribution in [3.8, 4) is 0 Å². The summed E-state index contributed by atoms with van der Waals surface area (Å²) in [7, 11) is 0. The molecule has 23 heteroatoms. The summed E-state index contributed by atoms with van der Waals surface area (Å²) in [5.74, 6) is -2.93. The molecule has 0 amide bonds. The van der Waals surface area contributed by atoms with Crippen LogP contribution in [0, 0.1) is 51.0 Å². The van der Waals surface area contributed by atoms with Crippen LogP contribution in [-0.4, -0.2) is 90.6 Å². The van der Waals surface area contributed by atoms with Crippen molar-refractivity contribution in [2.75, 3.05) is 0 Å². The Morgan fingerprint density at radius 3 is 1.37 bits per heavy atom. The van der Waals surface area contributed by atoms with Crippen LogP contribution in [0.4, 0.5) is 0 Å². The zero-order chi connectivity index (χ0) is 29.1. The molecule has 1 radical (unpaired) electrons. The van der Waals surface area contributed by atoms with Crippen LogP contribution in [0.15, 0.2) is 49.7 Å². The van der Waals surface area contributed by atoms with Gasteiger partial charge in [0, 0.05) is 100.0 Å². The van der Waals surface area contributed by atoms with Crippen molar-refractivity contribution in [3.63, 3.8) is 0 Å². The number of nitrogens with one attached hydrogen (secondary N) is 3. The minimum Gasteiger partial charge on any atom is -0.870 e. The molecule has 0 bridgehead atoms. The van der Waals surface area contributed by atoms with Crippen molar-refractivity contribution >= 4 is 30.1 Å². The molecule has 0 saturated heterocycles. The number of aromatic nitrogens is 6. The van der Waals surface area contributed by atoms with Gasteiger partial charge in [-0.15, -0.1) is 0 Å². The van der Waals surface area contributed by atoms with Crippen LogP contribution in [0.1, 0.15) is 17.1 Å². The first-order chi connectivity index (χ1) is 17.8. The van der Waals surface area contributed by atoms with Gasteiger partial charge in [-0.05, 0) is 12.2 Å². The fourth-order valence-electron chi connectivity index (χ4n) is 1.76. The van der Waals surface area contributed by atoms with Crippen molar-refractivity contribution in [1.82, 2.24) is 29.9 Å². The molecule has 0 spiro atoms. The number of aliphatic carboxylic acids is 3. The van der Waals surface area contributed by atoms with E-state index in [4.69, 9.17) is 51.4 Å². The summed E-state index contributed by atoms with van der Waals surface area (Å²) in [5, 5.41) is 36.8. The van der Waals surface area contributed by atoms with E-state index in [1.807, 2.05) is 0 Å². The predicted molar refractivity (Wildman–Crippen MR) is 133 cm³/mol. The summed E-state index contributed by atoms with van der Waals surface area (Å²) in [6.07, 6.45) is 14.4. The Labute approximate surface area is 264 Å². The van der Waals surface area contributed by atoms with E-state index >= 15 is 0 Å². The Morgan fingerprint density at radius 1 is 0.780 bits per heavy atom. The number of H-pyrrole nitrogens is 3. The van der Waals surface area contributed by atoms with Crippen LogP contribution in [0.5, 0.6) is 0 Å². The maximum Gasteiger partial charge on any atom is 0.328 e. The fourth-order valence-corrected chi connectivity index (χ4v) is 1.76. The molecule has 3 aromatic rings. The van der Waals surface area contributed by atoms with E-state index in [0.717, 1.165) is 17.8 Å². The summed E-state index contributed by atoms with van der Waals surface area (Å²) < 4.78 is 0. The Balaban J connectivity index is -0.0000000740. The van der Waals surface area contributed by atoms with Gasteiger partial charge in [0.1, 0.15) is 6.04 Å². The van der Waals surface area contributed by atoms with Crippen LogP contribution < -0.4 is 5.73 Å². The Kier molecular flexibility index (Phi) is 49.9. The van der Waals surface area contributed by atoms with Crippen molar-refractivity contribution < 1.29 is 101 Å². The number of carboxylic acid groups (broad SMARTS) is 3. The van der Waals surface area contributed by atoms with Crippen LogP contribution in [0.25, 0.3) is 12.2 Å². The smallest absolute Gasteiger partial charge is 0.328 e. The van der Waals surface area contributed by atoms with Crippen LogP contribution in [-0.2, 0) is 39.4 Å². The normalized spacial score (nSPS) is 8.85. The van der Waals surface area contributed by atoms with Crippen molar-refractivity contribution in [2.45, 2.75) is 12.5 Å². The molecular formula is C18H26N7O14UV-. The van der Waals surface area contributed by atoms with E-state index in [-0.39, 0.29) is 67.0 Å². The van der Waals surface area contributed by atoms with E-state index in [2.05, 4.69) is 29.9 Å². The van der Waals surface area contributed by atoms with E-state index in [9.17, 15) is 14.4 Å². The zero-order valence-corrected chi connectivity index (χ0v) is 26.0. The molecule has 227 valence electrons. The molecule has 41 heavy (non-hydrogen) atoms. The van der Waals surface area contributed by atoms with E-state index < -0.39 is 23.9 Å². The first kappa shape index (κ1) is 53.4. The van der Waals surface area contributed by atoms with Gasteiger partial charge < -0.3 is 47.0 Å². The van der Waals surface area contributed by atoms with Gasteiger partial charge >= 0.3 is 17.9 Å². The second-order valence-corrected chi connectivity index (χ2v) is 5.58. The number of aromatic amines is 3. The molecule has 0 fully saturated rings. The largest absolute Gasteiger partial charge is 0.870 e. The van der Waals surface area contributed by atoms with Crippen LogP contribution in [0.2, 0.25) is 0 Å². The third-order valence-corrected chi connectivity index (χ3v) is 3.16. The Hall–Kier alpha value is -3.84. The molecule has 3 rings (SSSR count). The molecule has 0 aliphatic heterocycles. The van der Waals surface area contributed by atoms with Gasteiger partial charge in [-0.25, -0.2) is 24.5 Å². The summed E-state index contributed by atoms with van der Waals surface area (Å²) >= 11 is 0. The quantitative estimate of drug-likeness (QED) is 0.0823. The molecule has 21 nitrogen and oxygen atoms in total. The van der Waals surface area contributed by atoms with Crippen molar-refractivity contribution in [2.24, 2.45) is 5.73 Å². The number of carbonyl (C=O) groups is 3. The summed E-state index contributed by atoms with van der Waals surface area (Å²) in [5.41, 5.74) is 7.36. The monoisotopic (exact) mass is 853 g/mol. The summed E-state index contributed by atoms with van der Waals surface area (Å²) in [6, 6.07) is -0.851. The van der Waals surface area contributed by atoms with Gasteiger partial charge in [-0.2, -0.15) is 0 Å².